The summed E-state index contributed by atoms with van der Waals surface area (Å²) < 4.78 is 13.7. The zero-order valence-corrected chi connectivity index (χ0v) is 11.7. The van der Waals surface area contributed by atoms with Gasteiger partial charge in [-0.05, 0) is 51.0 Å². The number of halogens is 1. The summed E-state index contributed by atoms with van der Waals surface area (Å²) in [6.07, 6.45) is 1.85. The van der Waals surface area contributed by atoms with E-state index in [1.807, 2.05) is 19.1 Å². The number of nitrogens with zero attached hydrogens (tertiary/aromatic N) is 1. The Morgan fingerprint density at radius 1 is 1.39 bits per heavy atom. The van der Waals surface area contributed by atoms with Crippen LogP contribution in [-0.2, 0) is 0 Å². The molecule has 0 saturated carbocycles. The minimum Gasteiger partial charge on any atom is -0.365 e. The minimum absolute atomic E-state index is 0.193. The fourth-order valence-electron chi connectivity index (χ4n) is 2.02. The van der Waals surface area contributed by atoms with Crippen molar-refractivity contribution >= 4 is 5.69 Å². The van der Waals surface area contributed by atoms with Crippen LogP contribution in [0.15, 0.2) is 24.8 Å². The summed E-state index contributed by atoms with van der Waals surface area (Å²) in [5.74, 6) is -0.201. The van der Waals surface area contributed by atoms with Crippen LogP contribution < -0.4 is 10.6 Å². The van der Waals surface area contributed by atoms with E-state index in [4.69, 9.17) is 5.73 Å². The number of rotatable bonds is 5. The van der Waals surface area contributed by atoms with Crippen molar-refractivity contribution in [1.29, 1.82) is 0 Å². The van der Waals surface area contributed by atoms with Crippen LogP contribution in [-0.4, -0.2) is 12.6 Å². The zero-order chi connectivity index (χ0) is 13.9. The fraction of sp³-hybridized carbons (Fsp3) is 0.467. The molecular formula is C15H23FN2. The summed E-state index contributed by atoms with van der Waals surface area (Å²) in [6, 6.07) is 3.54. The third-order valence-corrected chi connectivity index (χ3v) is 3.06. The summed E-state index contributed by atoms with van der Waals surface area (Å²) in [5, 5.41) is 0. The molecule has 0 heterocycles. The fourth-order valence-corrected chi connectivity index (χ4v) is 2.02. The lowest BCUT2D eigenvalue weighted by molar-refractivity contribution is 0.610. The van der Waals surface area contributed by atoms with Crippen molar-refractivity contribution in [1.82, 2.24) is 0 Å². The van der Waals surface area contributed by atoms with E-state index in [2.05, 4.69) is 25.3 Å². The lowest BCUT2D eigenvalue weighted by Crippen LogP contribution is -2.32. The Kier molecular flexibility index (Phi) is 4.91. The molecule has 2 N–H and O–H groups in total. The van der Waals surface area contributed by atoms with Gasteiger partial charge in [0, 0.05) is 24.3 Å². The molecule has 1 unspecified atom stereocenters. The molecule has 3 heteroatoms. The van der Waals surface area contributed by atoms with E-state index in [0.717, 1.165) is 17.8 Å². The second-order valence-corrected chi connectivity index (χ2v) is 4.98. The van der Waals surface area contributed by atoms with Gasteiger partial charge < -0.3 is 10.6 Å². The molecule has 0 saturated heterocycles. The van der Waals surface area contributed by atoms with Gasteiger partial charge in [-0.1, -0.05) is 6.08 Å². The van der Waals surface area contributed by atoms with Crippen LogP contribution in [0.5, 0.6) is 0 Å². The first-order valence-corrected chi connectivity index (χ1v) is 6.31. The van der Waals surface area contributed by atoms with Gasteiger partial charge >= 0.3 is 0 Å². The Labute approximate surface area is 109 Å². The molecule has 0 radical (unpaired) electrons. The van der Waals surface area contributed by atoms with Gasteiger partial charge in [0.05, 0.1) is 0 Å². The Morgan fingerprint density at radius 3 is 2.44 bits per heavy atom. The van der Waals surface area contributed by atoms with Gasteiger partial charge in [0.25, 0.3) is 0 Å². The van der Waals surface area contributed by atoms with Gasteiger partial charge in [0.15, 0.2) is 0 Å². The summed E-state index contributed by atoms with van der Waals surface area (Å²) in [4.78, 5) is 2.18. The highest BCUT2D eigenvalue weighted by molar-refractivity contribution is 5.58. The standard InChI is InChI=1S/C15H23FN2/c1-6-7-18(10(2)3)15-8-11(4)14(16)9-13(15)12(5)17/h6,8-10,12H,1,7,17H2,2-5H3. The summed E-state index contributed by atoms with van der Waals surface area (Å²) >= 11 is 0. The quantitative estimate of drug-likeness (QED) is 0.810. The number of hydrogen-bond donors (Lipinski definition) is 1. The first-order valence-electron chi connectivity index (χ1n) is 6.31. The molecule has 100 valence electrons. The summed E-state index contributed by atoms with van der Waals surface area (Å²) in [5.41, 5.74) is 8.43. The Bertz CT molecular complexity index is 425. The van der Waals surface area contributed by atoms with Gasteiger partial charge in [-0.3, -0.25) is 0 Å². The van der Waals surface area contributed by atoms with Crippen LogP contribution in [0.3, 0.4) is 0 Å². The molecule has 1 rings (SSSR count). The molecule has 0 amide bonds. The molecule has 0 fully saturated rings. The van der Waals surface area contributed by atoms with Gasteiger partial charge in [0.2, 0.25) is 0 Å². The number of aryl methyl sites for hydroxylation is 1. The maximum absolute atomic E-state index is 13.7. The van der Waals surface area contributed by atoms with Crippen LogP contribution in [0, 0.1) is 12.7 Å². The van der Waals surface area contributed by atoms with Crippen LogP contribution in [0.4, 0.5) is 10.1 Å². The average molecular weight is 250 g/mol. The van der Waals surface area contributed by atoms with E-state index in [1.54, 1.807) is 13.0 Å². The molecular weight excluding hydrogens is 227 g/mol. The summed E-state index contributed by atoms with van der Waals surface area (Å²) in [7, 11) is 0. The predicted octanol–water partition coefficient (Wildman–Crippen LogP) is 3.55. The minimum atomic E-state index is -0.201. The Balaban J connectivity index is 3.35. The van der Waals surface area contributed by atoms with Crippen molar-refractivity contribution in [2.45, 2.75) is 39.8 Å². The molecule has 1 atom stereocenters. The lowest BCUT2D eigenvalue weighted by Gasteiger charge is -2.31. The average Bonchev–Trinajstić information content (AvgIpc) is 2.28. The van der Waals surface area contributed by atoms with Crippen molar-refractivity contribution in [3.05, 3.63) is 41.7 Å². The van der Waals surface area contributed by atoms with Crippen molar-refractivity contribution in [2.24, 2.45) is 5.73 Å². The third-order valence-electron chi connectivity index (χ3n) is 3.06. The van der Waals surface area contributed by atoms with Crippen LogP contribution in [0.25, 0.3) is 0 Å². The molecule has 0 spiro atoms. The van der Waals surface area contributed by atoms with Crippen LogP contribution in [0.2, 0.25) is 0 Å². The van der Waals surface area contributed by atoms with E-state index < -0.39 is 0 Å². The molecule has 2 nitrogen and oxygen atoms in total. The highest BCUT2D eigenvalue weighted by Gasteiger charge is 2.17. The molecule has 0 aliphatic heterocycles. The first kappa shape index (κ1) is 14.7. The maximum atomic E-state index is 13.7. The highest BCUT2D eigenvalue weighted by Crippen LogP contribution is 2.29. The van der Waals surface area contributed by atoms with Crippen molar-refractivity contribution in [3.8, 4) is 0 Å². The normalized spacial score (nSPS) is 12.6. The smallest absolute Gasteiger partial charge is 0.126 e. The molecule has 0 aliphatic carbocycles. The second-order valence-electron chi connectivity index (χ2n) is 4.98. The van der Waals surface area contributed by atoms with Crippen molar-refractivity contribution < 1.29 is 4.39 Å². The Hall–Kier alpha value is -1.35. The van der Waals surface area contributed by atoms with Gasteiger partial charge in [-0.25, -0.2) is 4.39 Å². The first-order chi connectivity index (χ1) is 8.38. The summed E-state index contributed by atoms with van der Waals surface area (Å²) in [6.45, 7) is 12.4. The third kappa shape index (κ3) is 3.10. The molecule has 1 aromatic carbocycles. The van der Waals surface area contributed by atoms with E-state index in [-0.39, 0.29) is 11.9 Å². The molecule has 18 heavy (non-hydrogen) atoms. The molecule has 1 aromatic rings. The molecule has 0 aromatic heterocycles. The highest BCUT2D eigenvalue weighted by atomic mass is 19.1. The lowest BCUT2D eigenvalue weighted by atomic mass is 10.0. The Morgan fingerprint density at radius 2 is 2.00 bits per heavy atom. The molecule has 0 bridgehead atoms. The van der Waals surface area contributed by atoms with E-state index in [0.29, 0.717) is 11.6 Å². The number of hydrogen-bond acceptors (Lipinski definition) is 2. The number of benzene rings is 1. The predicted molar refractivity (Wildman–Crippen MR) is 76.4 cm³/mol. The van der Waals surface area contributed by atoms with E-state index in [1.165, 1.54) is 0 Å². The van der Waals surface area contributed by atoms with E-state index >= 15 is 0 Å². The maximum Gasteiger partial charge on any atom is 0.126 e. The van der Waals surface area contributed by atoms with E-state index in [9.17, 15) is 4.39 Å². The molecule has 0 aliphatic rings. The SMILES string of the molecule is C=CCN(c1cc(C)c(F)cc1C(C)N)C(C)C. The number of anilines is 1. The van der Waals surface area contributed by atoms with Gasteiger partial charge in [-0.2, -0.15) is 0 Å². The monoisotopic (exact) mass is 250 g/mol. The zero-order valence-electron chi connectivity index (χ0n) is 11.7. The van der Waals surface area contributed by atoms with Gasteiger partial charge in [-0.15, -0.1) is 6.58 Å². The second kappa shape index (κ2) is 6.01. The van der Waals surface area contributed by atoms with Crippen molar-refractivity contribution in [3.63, 3.8) is 0 Å². The largest absolute Gasteiger partial charge is 0.365 e. The van der Waals surface area contributed by atoms with Crippen LogP contribution in [0.1, 0.15) is 37.9 Å². The number of nitrogens with two attached hydrogens (primary N) is 1. The van der Waals surface area contributed by atoms with Crippen molar-refractivity contribution in [2.75, 3.05) is 11.4 Å². The van der Waals surface area contributed by atoms with Gasteiger partial charge in [0.1, 0.15) is 5.82 Å². The topological polar surface area (TPSA) is 29.3 Å². The van der Waals surface area contributed by atoms with Crippen LogP contribution >= 0.6 is 0 Å².